The number of hydroxylamine groups is 2. The van der Waals surface area contributed by atoms with Crippen molar-refractivity contribution < 1.29 is 78.7 Å². The Kier molecular flexibility index (Phi) is 24.7. The van der Waals surface area contributed by atoms with Crippen molar-refractivity contribution in [3.8, 4) is 0 Å². The molecule has 3 amide bonds. The Labute approximate surface area is 217 Å². The molecule has 0 saturated carbocycles. The number of hydrogen-bond donors (Lipinski definition) is 5. The van der Waals surface area contributed by atoms with Gasteiger partial charge in [-0.15, -0.1) is 5.06 Å². The van der Waals surface area contributed by atoms with Crippen molar-refractivity contribution in [2.75, 3.05) is 79.2 Å². The van der Waals surface area contributed by atoms with E-state index < -0.39 is 42.2 Å². The number of aliphatic hydroxyl groups is 2. The molecule has 0 aromatic heterocycles. The highest BCUT2D eigenvalue weighted by atomic mass is 16.7. The summed E-state index contributed by atoms with van der Waals surface area (Å²) in [5.41, 5.74) is 3.02. The Morgan fingerprint density at radius 3 is 1.71 bits per heavy atom. The summed E-state index contributed by atoms with van der Waals surface area (Å²) >= 11 is 0. The summed E-state index contributed by atoms with van der Waals surface area (Å²) in [6, 6.07) is 0. The molecular formula is C20H35N3O15. The molecule has 38 heavy (non-hydrogen) atoms. The Hall–Kier alpha value is -3.26. The van der Waals surface area contributed by atoms with Gasteiger partial charge in [0, 0.05) is 12.8 Å². The first-order valence-electron chi connectivity index (χ1n) is 11.2. The summed E-state index contributed by atoms with van der Waals surface area (Å²) in [4.78, 5) is 68.1. The molecule has 1 rings (SSSR count). The van der Waals surface area contributed by atoms with Crippen LogP contribution in [0.25, 0.3) is 0 Å². The molecule has 220 valence electrons. The first-order valence-corrected chi connectivity index (χ1v) is 11.2. The number of imide groups is 1. The van der Waals surface area contributed by atoms with E-state index in [9.17, 15) is 33.9 Å². The molecule has 1 fully saturated rings. The fraction of sp³-hybridized carbons (Fsp3) is 0.700. The lowest BCUT2D eigenvalue weighted by molar-refractivity contribution is -0.396. The Balaban J connectivity index is 0. The quantitative estimate of drug-likeness (QED) is 0.0774. The second-order valence-corrected chi connectivity index (χ2v) is 6.61. The third kappa shape index (κ3) is 24.4. The van der Waals surface area contributed by atoms with E-state index in [4.69, 9.17) is 34.3 Å². The normalized spacial score (nSPS) is 12.1. The fourth-order valence-electron chi connectivity index (χ4n) is 1.90. The summed E-state index contributed by atoms with van der Waals surface area (Å²) in [5.74, 6) is -4.57. The molecule has 7 N–H and O–H groups in total. The molecule has 0 atom stereocenters. The molecule has 18 nitrogen and oxygen atoms in total. The van der Waals surface area contributed by atoms with Crippen LogP contribution in [0.1, 0.15) is 12.8 Å². The number of rotatable bonds is 18. The molecule has 1 aliphatic heterocycles. The number of ether oxygens (including phenoxy) is 4. The van der Waals surface area contributed by atoms with Gasteiger partial charge in [0.05, 0.1) is 58.8 Å². The van der Waals surface area contributed by atoms with Crippen LogP contribution < -0.4 is 16.2 Å². The maximum Gasteiger partial charge on any atom is 0.358 e. The fourth-order valence-corrected chi connectivity index (χ4v) is 1.90. The lowest BCUT2D eigenvalue weighted by Crippen LogP contribution is -2.58. The van der Waals surface area contributed by atoms with E-state index in [1.807, 2.05) is 0 Å². The Bertz CT molecular complexity index is 704. The van der Waals surface area contributed by atoms with Crippen LogP contribution in [-0.2, 0) is 52.6 Å². The van der Waals surface area contributed by atoms with Gasteiger partial charge < -0.3 is 60.1 Å². The lowest BCUT2D eigenvalue weighted by atomic mass is 10.4. The van der Waals surface area contributed by atoms with E-state index in [-0.39, 0.29) is 85.5 Å². The number of nitrogens with one attached hydrogen (secondary N) is 1. The first kappa shape index (κ1) is 36.9. The molecule has 1 saturated heterocycles. The number of aliphatic carboxylic acids is 2. The number of quaternary nitrogens is 1. The number of carbonyl (C=O) groups excluding carboxylic acids is 5. The largest absolute Gasteiger partial charge is 0.544 e. The molecule has 0 bridgehead atoms. The van der Waals surface area contributed by atoms with Crippen LogP contribution in [0.2, 0.25) is 0 Å². The smallest absolute Gasteiger partial charge is 0.358 e. The van der Waals surface area contributed by atoms with Crippen molar-refractivity contribution in [2.24, 2.45) is 0 Å². The van der Waals surface area contributed by atoms with Gasteiger partial charge in [-0.1, -0.05) is 0 Å². The van der Waals surface area contributed by atoms with Gasteiger partial charge in [0.2, 0.25) is 5.91 Å². The van der Waals surface area contributed by atoms with Crippen molar-refractivity contribution in [3.63, 3.8) is 0 Å². The van der Waals surface area contributed by atoms with Crippen LogP contribution in [-0.4, -0.2) is 135 Å². The zero-order chi connectivity index (χ0) is 29.2. The average Bonchev–Trinajstić information content (AvgIpc) is 3.19. The van der Waals surface area contributed by atoms with Crippen molar-refractivity contribution in [3.05, 3.63) is 0 Å². The van der Waals surface area contributed by atoms with Crippen LogP contribution in [0.15, 0.2) is 0 Å². The first-order chi connectivity index (χ1) is 18.1. The van der Waals surface area contributed by atoms with E-state index in [2.05, 4.69) is 15.9 Å². The topological polar surface area (TPSA) is 275 Å². The van der Waals surface area contributed by atoms with Gasteiger partial charge in [-0.3, -0.25) is 19.2 Å². The zero-order valence-electron chi connectivity index (χ0n) is 20.8. The molecule has 0 aromatic rings. The van der Waals surface area contributed by atoms with E-state index in [0.717, 1.165) is 0 Å². The van der Waals surface area contributed by atoms with Crippen molar-refractivity contribution in [1.29, 1.82) is 0 Å². The van der Waals surface area contributed by atoms with Gasteiger partial charge >= 0.3 is 11.9 Å². The molecule has 0 spiro atoms. The van der Waals surface area contributed by atoms with Crippen LogP contribution in [0, 0.1) is 0 Å². The van der Waals surface area contributed by atoms with Crippen molar-refractivity contribution in [1.82, 2.24) is 10.4 Å². The number of hydrogen-bond acceptors (Lipinski definition) is 14. The minimum absolute atomic E-state index is 0.0565. The van der Waals surface area contributed by atoms with E-state index >= 15 is 0 Å². The average molecular weight is 558 g/mol. The summed E-state index contributed by atoms with van der Waals surface area (Å²) in [6.07, 6.45) is 0.115. The summed E-state index contributed by atoms with van der Waals surface area (Å²) in [6.45, 7) is 0.0532. The van der Waals surface area contributed by atoms with Gasteiger partial charge in [-0.05, 0) is 0 Å². The highest BCUT2D eigenvalue weighted by Gasteiger charge is 2.32. The molecule has 0 aliphatic carbocycles. The highest BCUT2D eigenvalue weighted by Crippen LogP contribution is 2.11. The molecule has 0 radical (unpaired) electrons. The van der Waals surface area contributed by atoms with E-state index in [0.29, 0.717) is 5.06 Å². The number of carboxylic acid groups (broad SMARTS) is 2. The number of aliphatic hydroxyl groups excluding tert-OH is 2. The van der Waals surface area contributed by atoms with Crippen LogP contribution in [0.4, 0.5) is 0 Å². The molecular weight excluding hydrogens is 522 g/mol. The third-order valence-electron chi connectivity index (χ3n) is 3.51. The number of carboxylic acids is 2. The third-order valence-corrected chi connectivity index (χ3v) is 3.51. The van der Waals surface area contributed by atoms with E-state index in [1.165, 1.54) is 0 Å². The van der Waals surface area contributed by atoms with Gasteiger partial charge in [0.1, 0.15) is 26.3 Å². The Morgan fingerprint density at radius 1 is 0.842 bits per heavy atom. The number of carbonyl (C=O) groups is 6. The zero-order valence-corrected chi connectivity index (χ0v) is 20.8. The summed E-state index contributed by atoms with van der Waals surface area (Å²) in [5, 5.41) is 36.8. The van der Waals surface area contributed by atoms with Gasteiger partial charge in [-0.25, -0.2) is 4.79 Å². The Morgan fingerprint density at radius 2 is 1.29 bits per heavy atom. The minimum Gasteiger partial charge on any atom is -0.544 e. The van der Waals surface area contributed by atoms with E-state index in [1.54, 1.807) is 0 Å². The predicted octanol–water partition coefficient (Wildman–Crippen LogP) is -6.19. The maximum atomic E-state index is 11.2. The molecule has 0 aromatic carbocycles. The number of amides is 3. The lowest BCUT2D eigenvalue weighted by Gasteiger charge is -2.12. The maximum absolute atomic E-state index is 11.2. The second kappa shape index (κ2) is 25.4. The van der Waals surface area contributed by atoms with Crippen LogP contribution >= 0.6 is 0 Å². The molecule has 1 heterocycles. The van der Waals surface area contributed by atoms with Crippen LogP contribution in [0.3, 0.4) is 0 Å². The van der Waals surface area contributed by atoms with Gasteiger partial charge in [-0.2, -0.15) is 0 Å². The monoisotopic (exact) mass is 557 g/mol. The summed E-state index contributed by atoms with van der Waals surface area (Å²) < 4.78 is 19.5. The number of nitrogens with zero attached hydrogens (tertiary/aromatic N) is 1. The highest BCUT2D eigenvalue weighted by molar-refractivity contribution is 6.01. The van der Waals surface area contributed by atoms with Gasteiger partial charge in [0.15, 0.2) is 0 Å². The van der Waals surface area contributed by atoms with Crippen LogP contribution in [0.5, 0.6) is 0 Å². The molecule has 0 unspecified atom stereocenters. The second-order valence-electron chi connectivity index (χ2n) is 6.61. The SMILES string of the molecule is O=C(COCCOCCO)ON1C(=O)CCC1=O.O=C(O)CNC(=O)COCCOCCO.[NH3+]CC(=O)[O-]. The molecule has 1 aliphatic rings. The minimum atomic E-state index is -1.11. The standard InChI is InChI=1S/C10H15NO7.C8H15NO6.C2H5NO2/c12-3-4-16-5-6-17-7-10(15)18-11-8(13)1-2-9(11)14;10-1-2-14-3-4-15-6-7(11)9-5-8(12)13;3-1-2(4)5/h12H,1-7H2;10H,1-6H2,(H,9,11)(H,12,13);1,3H2,(H,4,5). The molecule has 18 heteroatoms. The predicted molar refractivity (Wildman–Crippen MR) is 118 cm³/mol. The van der Waals surface area contributed by atoms with Gasteiger partial charge in [0.25, 0.3) is 11.8 Å². The summed E-state index contributed by atoms with van der Waals surface area (Å²) in [7, 11) is 0. The van der Waals surface area contributed by atoms with Crippen molar-refractivity contribution >= 4 is 35.6 Å². The van der Waals surface area contributed by atoms with Crippen molar-refractivity contribution in [2.45, 2.75) is 12.8 Å².